The molecule has 2 aromatic heterocycles. The maximum atomic E-state index is 11.9. The number of anilines is 1. The summed E-state index contributed by atoms with van der Waals surface area (Å²) in [5.74, 6) is 0.952. The molecule has 0 saturated heterocycles. The molecule has 0 amide bonds. The summed E-state index contributed by atoms with van der Waals surface area (Å²) < 4.78 is 28.2. The second kappa shape index (κ2) is 6.24. The molecule has 7 nitrogen and oxygen atoms in total. The van der Waals surface area contributed by atoms with Crippen molar-refractivity contribution >= 4 is 57.2 Å². The van der Waals surface area contributed by atoms with Gasteiger partial charge in [-0.2, -0.15) is 0 Å². The highest BCUT2D eigenvalue weighted by atomic mass is 127. The van der Waals surface area contributed by atoms with Crippen molar-refractivity contribution in [2.24, 2.45) is 5.41 Å². The third-order valence-electron chi connectivity index (χ3n) is 5.77. The predicted octanol–water partition coefficient (Wildman–Crippen LogP) is 2.57. The highest BCUT2D eigenvalue weighted by molar-refractivity contribution is 14.2. The van der Waals surface area contributed by atoms with Gasteiger partial charge in [-0.15, -0.1) is 0 Å². The molecule has 0 atom stereocenters. The zero-order chi connectivity index (χ0) is 17.8. The average molecular weight is 493 g/mol. The predicted molar refractivity (Wildman–Crippen MR) is 109 cm³/mol. The van der Waals surface area contributed by atoms with Crippen LogP contribution in [0.1, 0.15) is 25.7 Å². The molecule has 0 aliphatic heterocycles. The summed E-state index contributed by atoms with van der Waals surface area (Å²) >= 11 is 2.24. The quantitative estimate of drug-likeness (QED) is 0.646. The summed E-state index contributed by atoms with van der Waals surface area (Å²) in [5.41, 5.74) is 1.14. The van der Waals surface area contributed by atoms with Crippen LogP contribution in [-0.4, -0.2) is 47.7 Å². The molecule has 0 bridgehead atoms. The zero-order valence-corrected chi connectivity index (χ0v) is 17.8. The molecule has 2 aliphatic carbocycles. The minimum Gasteiger partial charge on any atom is -0.356 e. The number of nitrogens with zero attached hydrogens (tertiary/aromatic N) is 4. The Labute approximate surface area is 163 Å². The summed E-state index contributed by atoms with van der Waals surface area (Å²) in [7, 11) is 2.04. The van der Waals surface area contributed by atoms with Gasteiger partial charge in [0.05, 0.1) is 10.6 Å². The number of rotatable bonds is 5. The molecule has 1 N–H and O–H groups in total. The van der Waals surface area contributed by atoms with E-state index in [-0.39, 0.29) is 10.7 Å². The largest absolute Gasteiger partial charge is 0.356 e. The van der Waals surface area contributed by atoms with E-state index in [1.165, 1.54) is 7.05 Å². The molecule has 2 saturated carbocycles. The van der Waals surface area contributed by atoms with Crippen LogP contribution in [0, 0.1) is 5.41 Å². The first-order chi connectivity index (χ1) is 11.9. The number of sulfonamides is 1. The molecule has 0 unspecified atom stereocenters. The first-order valence-electron chi connectivity index (χ1n) is 8.15. The minimum absolute atomic E-state index is 0.212. The van der Waals surface area contributed by atoms with Gasteiger partial charge < -0.3 is 4.90 Å². The fourth-order valence-electron chi connectivity index (χ4n) is 4.26. The first kappa shape index (κ1) is 17.8. The molecule has 10 heteroatoms. The van der Waals surface area contributed by atoms with Gasteiger partial charge in [0, 0.05) is 49.6 Å². The van der Waals surface area contributed by atoms with Crippen LogP contribution in [0.25, 0.3) is 11.0 Å². The van der Waals surface area contributed by atoms with Crippen molar-refractivity contribution in [3.8, 4) is 0 Å². The Kier molecular flexibility index (Phi) is 4.44. The summed E-state index contributed by atoms with van der Waals surface area (Å²) in [6.07, 6.45) is 7.25. The SMILES string of the molecule is CNS(=O)(=O)C1CC2(CC(N(C)c3ncnc4c3ccn4SI)C2)C1. The molecule has 0 aromatic carbocycles. The van der Waals surface area contributed by atoms with E-state index in [9.17, 15) is 8.42 Å². The Bertz CT molecular complexity index is 902. The van der Waals surface area contributed by atoms with Crippen molar-refractivity contribution < 1.29 is 8.42 Å². The lowest BCUT2D eigenvalue weighted by atomic mass is 9.53. The Hall–Kier alpha value is -0.590. The van der Waals surface area contributed by atoms with Gasteiger partial charge in [0.25, 0.3) is 0 Å². The fourth-order valence-corrected chi connectivity index (χ4v) is 7.01. The van der Waals surface area contributed by atoms with Crippen molar-refractivity contribution in [3.63, 3.8) is 0 Å². The smallest absolute Gasteiger partial charge is 0.214 e. The molecule has 4 rings (SSSR count). The van der Waals surface area contributed by atoms with Gasteiger partial charge in [-0.3, -0.25) is 3.97 Å². The lowest BCUT2D eigenvalue weighted by Crippen LogP contribution is -2.59. The van der Waals surface area contributed by atoms with Gasteiger partial charge in [-0.05, 0) is 44.2 Å². The van der Waals surface area contributed by atoms with Crippen molar-refractivity contribution in [3.05, 3.63) is 18.6 Å². The maximum absolute atomic E-state index is 11.9. The number of hydrogen-bond acceptors (Lipinski definition) is 6. The van der Waals surface area contributed by atoms with E-state index in [1.807, 2.05) is 10.2 Å². The Morgan fingerprint density at radius 2 is 2.08 bits per heavy atom. The molecule has 25 heavy (non-hydrogen) atoms. The van der Waals surface area contributed by atoms with Crippen LogP contribution < -0.4 is 9.62 Å². The first-order valence-corrected chi connectivity index (χ1v) is 13.0. The molecule has 2 aromatic rings. The molecular formula is C15H20IN5O2S2. The van der Waals surface area contributed by atoms with Crippen LogP contribution in [0.5, 0.6) is 0 Å². The van der Waals surface area contributed by atoms with Crippen LogP contribution in [0.2, 0.25) is 0 Å². The van der Waals surface area contributed by atoms with E-state index in [2.05, 4.69) is 53.9 Å². The molecule has 1 spiro atoms. The number of aromatic nitrogens is 3. The monoisotopic (exact) mass is 493 g/mol. The summed E-state index contributed by atoms with van der Waals surface area (Å²) in [6, 6.07) is 2.46. The summed E-state index contributed by atoms with van der Waals surface area (Å²) in [6.45, 7) is 0. The van der Waals surface area contributed by atoms with E-state index in [4.69, 9.17) is 0 Å². The fraction of sp³-hybridized carbons (Fsp3) is 0.600. The van der Waals surface area contributed by atoms with E-state index >= 15 is 0 Å². The van der Waals surface area contributed by atoms with Crippen LogP contribution in [0.4, 0.5) is 5.82 Å². The highest BCUT2D eigenvalue weighted by Gasteiger charge is 2.57. The van der Waals surface area contributed by atoms with Gasteiger partial charge in [-0.1, -0.05) is 0 Å². The van der Waals surface area contributed by atoms with E-state index in [0.29, 0.717) is 6.04 Å². The zero-order valence-electron chi connectivity index (χ0n) is 14.0. The second-order valence-electron chi connectivity index (χ2n) is 7.10. The van der Waals surface area contributed by atoms with Gasteiger partial charge in [0.1, 0.15) is 12.1 Å². The van der Waals surface area contributed by atoms with Crippen LogP contribution in [0.3, 0.4) is 0 Å². The number of nitrogens with one attached hydrogen (secondary N) is 1. The topological polar surface area (TPSA) is 80.1 Å². The third-order valence-corrected chi connectivity index (χ3v) is 9.26. The summed E-state index contributed by atoms with van der Waals surface area (Å²) in [4.78, 5) is 11.1. The van der Waals surface area contributed by atoms with E-state index in [0.717, 1.165) is 42.5 Å². The van der Waals surface area contributed by atoms with Crippen molar-refractivity contribution in [1.82, 2.24) is 18.7 Å². The third kappa shape index (κ3) is 2.85. The van der Waals surface area contributed by atoms with Gasteiger partial charge in [0.2, 0.25) is 10.0 Å². The lowest BCUT2D eigenvalue weighted by molar-refractivity contribution is 0.0135. The van der Waals surface area contributed by atoms with Gasteiger partial charge in [-0.25, -0.2) is 23.1 Å². The van der Waals surface area contributed by atoms with Crippen molar-refractivity contribution in [2.75, 3.05) is 19.0 Å². The average Bonchev–Trinajstić information content (AvgIpc) is 2.94. The standard InChI is InChI=1S/C15H20IN5O2S2/c1-17-25(22,23)11-7-15(8-11)5-10(6-15)20(2)13-12-3-4-21(24-16)14(12)19-9-18-13/h3-4,9-11,17H,5-8H2,1-2H3. The molecule has 2 heterocycles. The Morgan fingerprint density at radius 1 is 1.36 bits per heavy atom. The number of hydrogen-bond donors (Lipinski definition) is 1. The molecule has 136 valence electrons. The van der Waals surface area contributed by atoms with Gasteiger partial charge >= 0.3 is 0 Å². The summed E-state index contributed by atoms with van der Waals surface area (Å²) in [5, 5.41) is 0.837. The van der Waals surface area contributed by atoms with Crippen LogP contribution in [-0.2, 0) is 10.0 Å². The van der Waals surface area contributed by atoms with Crippen molar-refractivity contribution in [1.29, 1.82) is 0 Å². The van der Waals surface area contributed by atoms with E-state index < -0.39 is 10.0 Å². The Balaban J connectivity index is 1.47. The van der Waals surface area contributed by atoms with Crippen LogP contribution >= 0.6 is 30.3 Å². The molecule has 2 fully saturated rings. The molecule has 0 radical (unpaired) electrons. The highest BCUT2D eigenvalue weighted by Crippen LogP contribution is 2.59. The maximum Gasteiger partial charge on any atom is 0.214 e. The Morgan fingerprint density at radius 3 is 2.72 bits per heavy atom. The van der Waals surface area contributed by atoms with Crippen LogP contribution in [0.15, 0.2) is 18.6 Å². The molecule has 2 aliphatic rings. The number of halogens is 1. The van der Waals surface area contributed by atoms with E-state index in [1.54, 1.807) is 15.4 Å². The number of fused-ring (bicyclic) bond motifs is 1. The normalized spacial score (nSPS) is 28.8. The lowest BCUT2D eigenvalue weighted by Gasteiger charge is -2.59. The van der Waals surface area contributed by atoms with Gasteiger partial charge in [0.15, 0.2) is 5.65 Å². The minimum atomic E-state index is -3.12. The van der Waals surface area contributed by atoms with Crippen molar-refractivity contribution in [2.45, 2.75) is 37.0 Å². The second-order valence-corrected chi connectivity index (χ2v) is 11.0. The molecular weight excluding hydrogens is 473 g/mol.